The summed E-state index contributed by atoms with van der Waals surface area (Å²) in [5.74, 6) is 0.678. The molecule has 2 aromatic rings. The Balaban J connectivity index is 2.17. The van der Waals surface area contributed by atoms with Crippen molar-refractivity contribution in [3.05, 3.63) is 65.2 Å². The van der Waals surface area contributed by atoms with E-state index in [4.69, 9.17) is 10.5 Å². The summed E-state index contributed by atoms with van der Waals surface area (Å²) >= 11 is 0. The average molecular weight is 298 g/mol. The molecule has 22 heavy (non-hydrogen) atoms. The average Bonchev–Trinajstić information content (AvgIpc) is 2.54. The zero-order valence-electron chi connectivity index (χ0n) is 13.2. The van der Waals surface area contributed by atoms with Crippen molar-refractivity contribution in [3.8, 4) is 5.75 Å². The van der Waals surface area contributed by atoms with Crippen LogP contribution in [0.5, 0.6) is 5.75 Å². The first kappa shape index (κ1) is 16.0. The fraction of sp³-hybridized carbons (Fsp3) is 0.278. The molecule has 0 saturated carbocycles. The van der Waals surface area contributed by atoms with Gasteiger partial charge in [-0.1, -0.05) is 24.3 Å². The van der Waals surface area contributed by atoms with Gasteiger partial charge in [0.25, 0.3) is 5.91 Å². The summed E-state index contributed by atoms with van der Waals surface area (Å²) in [4.78, 5) is 12.4. The smallest absolute Gasteiger partial charge is 0.251 e. The summed E-state index contributed by atoms with van der Waals surface area (Å²) in [5.41, 5.74) is 7.70. The highest BCUT2D eigenvalue weighted by Gasteiger charge is 2.23. The van der Waals surface area contributed by atoms with E-state index in [-0.39, 0.29) is 5.91 Å². The van der Waals surface area contributed by atoms with Crippen LogP contribution in [0.4, 0.5) is 0 Å². The Morgan fingerprint density at radius 2 is 1.86 bits per heavy atom. The van der Waals surface area contributed by atoms with Crippen molar-refractivity contribution in [3.63, 3.8) is 0 Å². The number of amides is 1. The van der Waals surface area contributed by atoms with Crippen molar-refractivity contribution in [2.75, 3.05) is 7.11 Å². The van der Waals surface area contributed by atoms with Gasteiger partial charge < -0.3 is 15.8 Å². The number of hydrogen-bond acceptors (Lipinski definition) is 3. The van der Waals surface area contributed by atoms with Gasteiger partial charge in [0.05, 0.1) is 12.6 Å². The molecule has 1 amide bonds. The van der Waals surface area contributed by atoms with Gasteiger partial charge in [-0.15, -0.1) is 0 Å². The molecule has 0 aliphatic carbocycles. The Kier molecular flexibility index (Phi) is 4.83. The van der Waals surface area contributed by atoms with Gasteiger partial charge >= 0.3 is 0 Å². The molecular weight excluding hydrogens is 276 g/mol. The van der Waals surface area contributed by atoms with Crippen LogP contribution in [0.2, 0.25) is 0 Å². The van der Waals surface area contributed by atoms with Gasteiger partial charge in [0, 0.05) is 12.1 Å². The summed E-state index contributed by atoms with van der Waals surface area (Å²) in [6, 6.07) is 15.0. The second-order valence-corrected chi connectivity index (χ2v) is 5.71. The van der Waals surface area contributed by atoms with Crippen LogP contribution in [0.25, 0.3) is 0 Å². The molecule has 116 valence electrons. The number of nitrogens with one attached hydrogen (secondary N) is 1. The highest BCUT2D eigenvalue weighted by molar-refractivity contribution is 5.94. The molecule has 2 aromatic carbocycles. The maximum atomic E-state index is 12.4. The highest BCUT2D eigenvalue weighted by Crippen LogP contribution is 2.23. The molecule has 0 saturated heterocycles. The summed E-state index contributed by atoms with van der Waals surface area (Å²) < 4.78 is 5.16. The Hall–Kier alpha value is -2.33. The van der Waals surface area contributed by atoms with E-state index in [1.807, 2.05) is 56.3 Å². The zero-order chi connectivity index (χ0) is 16.2. The molecule has 0 aromatic heterocycles. The third kappa shape index (κ3) is 3.65. The van der Waals surface area contributed by atoms with Crippen LogP contribution in [0.3, 0.4) is 0 Å². The minimum atomic E-state index is -0.484. The lowest BCUT2D eigenvalue weighted by molar-refractivity contribution is 0.0912. The number of carbonyl (C=O) groups excluding carboxylic acids is 1. The van der Waals surface area contributed by atoms with E-state index < -0.39 is 5.54 Å². The SMILES string of the molecule is COc1ccc(C(C)(C)NC(=O)c2cccc(CN)c2)cc1. The molecule has 0 spiro atoms. The summed E-state index contributed by atoms with van der Waals surface area (Å²) in [5, 5.41) is 3.06. The second kappa shape index (κ2) is 6.62. The van der Waals surface area contributed by atoms with Gasteiger partial charge in [0.1, 0.15) is 5.75 Å². The lowest BCUT2D eigenvalue weighted by atomic mass is 9.93. The monoisotopic (exact) mass is 298 g/mol. The summed E-state index contributed by atoms with van der Waals surface area (Å²) in [6.07, 6.45) is 0. The third-order valence-corrected chi connectivity index (χ3v) is 3.66. The minimum Gasteiger partial charge on any atom is -0.497 e. The number of carbonyl (C=O) groups is 1. The fourth-order valence-corrected chi connectivity index (χ4v) is 2.28. The fourth-order valence-electron chi connectivity index (χ4n) is 2.28. The molecule has 4 heteroatoms. The highest BCUT2D eigenvalue weighted by atomic mass is 16.5. The second-order valence-electron chi connectivity index (χ2n) is 5.71. The molecular formula is C18H22N2O2. The van der Waals surface area contributed by atoms with Crippen LogP contribution in [0.15, 0.2) is 48.5 Å². The predicted molar refractivity (Wildman–Crippen MR) is 87.8 cm³/mol. The van der Waals surface area contributed by atoms with Crippen LogP contribution in [0.1, 0.15) is 35.3 Å². The van der Waals surface area contributed by atoms with Gasteiger partial charge in [0.15, 0.2) is 0 Å². The van der Waals surface area contributed by atoms with Crippen LogP contribution in [-0.4, -0.2) is 13.0 Å². The molecule has 0 aliphatic rings. The Labute approximate surface area is 131 Å². The van der Waals surface area contributed by atoms with E-state index in [1.165, 1.54) is 0 Å². The molecule has 0 unspecified atom stereocenters. The standard InChI is InChI=1S/C18H22N2O2/c1-18(2,15-7-9-16(22-3)10-8-15)20-17(21)14-6-4-5-13(11-14)12-19/h4-11H,12,19H2,1-3H3,(H,20,21). The first-order valence-electron chi connectivity index (χ1n) is 7.22. The lowest BCUT2D eigenvalue weighted by Crippen LogP contribution is -2.41. The maximum Gasteiger partial charge on any atom is 0.251 e. The van der Waals surface area contributed by atoms with E-state index in [9.17, 15) is 4.79 Å². The van der Waals surface area contributed by atoms with E-state index >= 15 is 0 Å². The number of ether oxygens (including phenoxy) is 1. The molecule has 3 N–H and O–H groups in total. The minimum absolute atomic E-state index is 0.115. The number of benzene rings is 2. The summed E-state index contributed by atoms with van der Waals surface area (Å²) in [6.45, 7) is 4.36. The first-order chi connectivity index (χ1) is 10.5. The van der Waals surface area contributed by atoms with Crippen molar-refractivity contribution in [2.45, 2.75) is 25.9 Å². The van der Waals surface area contributed by atoms with Gasteiger partial charge in [0.2, 0.25) is 0 Å². The van der Waals surface area contributed by atoms with Crippen molar-refractivity contribution in [2.24, 2.45) is 5.73 Å². The van der Waals surface area contributed by atoms with Gasteiger partial charge in [-0.2, -0.15) is 0 Å². The normalized spacial score (nSPS) is 11.1. The molecule has 0 radical (unpaired) electrons. The number of methoxy groups -OCH3 is 1. The topological polar surface area (TPSA) is 64.3 Å². The number of nitrogens with two attached hydrogens (primary N) is 1. The molecule has 4 nitrogen and oxygen atoms in total. The van der Waals surface area contributed by atoms with Crippen LogP contribution in [-0.2, 0) is 12.1 Å². The Morgan fingerprint density at radius 3 is 2.45 bits per heavy atom. The van der Waals surface area contributed by atoms with Crippen molar-refractivity contribution < 1.29 is 9.53 Å². The largest absolute Gasteiger partial charge is 0.497 e. The number of hydrogen-bond donors (Lipinski definition) is 2. The van der Waals surface area contributed by atoms with Crippen LogP contribution >= 0.6 is 0 Å². The summed E-state index contributed by atoms with van der Waals surface area (Å²) in [7, 11) is 1.63. The van der Waals surface area contributed by atoms with Gasteiger partial charge in [-0.25, -0.2) is 0 Å². The van der Waals surface area contributed by atoms with E-state index in [0.717, 1.165) is 16.9 Å². The molecule has 0 heterocycles. The zero-order valence-corrected chi connectivity index (χ0v) is 13.2. The molecule has 2 rings (SSSR count). The molecule has 0 fully saturated rings. The third-order valence-electron chi connectivity index (χ3n) is 3.66. The van der Waals surface area contributed by atoms with E-state index in [1.54, 1.807) is 13.2 Å². The molecule has 0 atom stereocenters. The lowest BCUT2D eigenvalue weighted by Gasteiger charge is -2.27. The van der Waals surface area contributed by atoms with Crippen molar-refractivity contribution in [1.29, 1.82) is 0 Å². The molecule has 0 aliphatic heterocycles. The van der Waals surface area contributed by atoms with E-state index in [0.29, 0.717) is 12.1 Å². The van der Waals surface area contributed by atoms with Gasteiger partial charge in [-0.3, -0.25) is 4.79 Å². The predicted octanol–water partition coefficient (Wildman–Crippen LogP) is 2.82. The van der Waals surface area contributed by atoms with Gasteiger partial charge in [-0.05, 0) is 49.2 Å². The molecule has 0 bridgehead atoms. The number of rotatable bonds is 5. The Morgan fingerprint density at radius 1 is 1.18 bits per heavy atom. The first-order valence-corrected chi connectivity index (χ1v) is 7.22. The van der Waals surface area contributed by atoms with E-state index in [2.05, 4.69) is 5.32 Å². The van der Waals surface area contributed by atoms with Crippen LogP contribution < -0.4 is 15.8 Å². The van der Waals surface area contributed by atoms with Crippen molar-refractivity contribution >= 4 is 5.91 Å². The van der Waals surface area contributed by atoms with Crippen LogP contribution in [0, 0.1) is 0 Å². The van der Waals surface area contributed by atoms with Crippen molar-refractivity contribution in [1.82, 2.24) is 5.32 Å². The maximum absolute atomic E-state index is 12.4. The Bertz CT molecular complexity index is 648. The quantitative estimate of drug-likeness (QED) is 0.892.